The molecule has 0 radical (unpaired) electrons. The number of halogens is 1. The van der Waals surface area contributed by atoms with Crippen molar-refractivity contribution in [2.24, 2.45) is 5.92 Å². The van der Waals surface area contributed by atoms with E-state index in [4.69, 9.17) is 10.7 Å². The van der Waals surface area contributed by atoms with Gasteiger partial charge in [0.2, 0.25) is 5.91 Å². The molecule has 1 amide bonds. The number of hydrogen-bond acceptors (Lipinski definition) is 3. The molecule has 0 bridgehead atoms. The van der Waals surface area contributed by atoms with Crippen molar-refractivity contribution in [3.05, 3.63) is 23.8 Å². The monoisotopic (exact) mass is 299 g/mol. The molecule has 0 saturated heterocycles. The van der Waals surface area contributed by atoms with Crippen LogP contribution in [0, 0.1) is 5.92 Å². The lowest BCUT2D eigenvalue weighted by Gasteiger charge is -2.29. The number of carbonyl (C=O) groups excluding carboxylic acids is 1. The van der Waals surface area contributed by atoms with Crippen molar-refractivity contribution < 1.29 is 13.2 Å². The topological polar surface area (TPSA) is 54.5 Å². The maximum absolute atomic E-state index is 12.2. The van der Waals surface area contributed by atoms with E-state index in [1.54, 1.807) is 17.0 Å². The van der Waals surface area contributed by atoms with Crippen LogP contribution in [0.4, 0.5) is 5.69 Å². The Morgan fingerprint density at radius 1 is 1.32 bits per heavy atom. The highest BCUT2D eigenvalue weighted by atomic mass is 35.7. The lowest BCUT2D eigenvalue weighted by Crippen LogP contribution is -2.36. The van der Waals surface area contributed by atoms with Gasteiger partial charge in [-0.25, -0.2) is 8.42 Å². The van der Waals surface area contributed by atoms with Gasteiger partial charge in [0.25, 0.3) is 9.05 Å². The van der Waals surface area contributed by atoms with E-state index in [0.717, 1.165) is 43.5 Å². The Hall–Kier alpha value is -1.07. The second-order valence-electron chi connectivity index (χ2n) is 5.10. The van der Waals surface area contributed by atoms with Gasteiger partial charge in [-0.05, 0) is 49.4 Å². The van der Waals surface area contributed by atoms with Gasteiger partial charge >= 0.3 is 0 Å². The Balaban J connectivity index is 1.99. The Bertz CT molecular complexity index is 637. The fraction of sp³-hybridized carbons (Fsp3) is 0.462. The van der Waals surface area contributed by atoms with Crippen LogP contribution < -0.4 is 4.90 Å². The number of hydrogen-bond donors (Lipinski definition) is 0. The molecule has 19 heavy (non-hydrogen) atoms. The Morgan fingerprint density at radius 2 is 2.05 bits per heavy atom. The van der Waals surface area contributed by atoms with E-state index in [-0.39, 0.29) is 16.7 Å². The van der Waals surface area contributed by atoms with Gasteiger partial charge in [0.05, 0.1) is 4.90 Å². The summed E-state index contributed by atoms with van der Waals surface area (Å²) in [5.74, 6) is 0.338. The number of aryl methyl sites for hydroxylation is 1. The van der Waals surface area contributed by atoms with Crippen LogP contribution in [0.3, 0.4) is 0 Å². The normalized spacial score (nSPS) is 19.1. The van der Waals surface area contributed by atoms with Crippen molar-refractivity contribution >= 4 is 31.3 Å². The number of rotatable bonds is 2. The maximum atomic E-state index is 12.2. The van der Waals surface area contributed by atoms with E-state index in [1.165, 1.54) is 6.07 Å². The molecule has 102 valence electrons. The minimum Gasteiger partial charge on any atom is -0.312 e. The summed E-state index contributed by atoms with van der Waals surface area (Å²) in [6.07, 6.45) is 3.58. The summed E-state index contributed by atoms with van der Waals surface area (Å²) in [6.45, 7) is 0.718. The molecule has 0 spiro atoms. The van der Waals surface area contributed by atoms with Gasteiger partial charge < -0.3 is 4.90 Å². The van der Waals surface area contributed by atoms with E-state index >= 15 is 0 Å². The van der Waals surface area contributed by atoms with Crippen molar-refractivity contribution in [1.29, 1.82) is 0 Å². The van der Waals surface area contributed by atoms with Crippen molar-refractivity contribution in [3.8, 4) is 0 Å². The summed E-state index contributed by atoms with van der Waals surface area (Å²) in [5, 5.41) is 0. The quantitative estimate of drug-likeness (QED) is 0.787. The van der Waals surface area contributed by atoms with Crippen LogP contribution in [0.5, 0.6) is 0 Å². The van der Waals surface area contributed by atoms with E-state index in [1.807, 2.05) is 0 Å². The van der Waals surface area contributed by atoms with Crippen LogP contribution >= 0.6 is 10.7 Å². The second-order valence-corrected chi connectivity index (χ2v) is 7.66. The molecule has 1 aliphatic heterocycles. The van der Waals surface area contributed by atoms with E-state index < -0.39 is 9.05 Å². The molecule has 1 fully saturated rings. The van der Waals surface area contributed by atoms with Gasteiger partial charge in [0.1, 0.15) is 0 Å². The van der Waals surface area contributed by atoms with Crippen LogP contribution in [-0.2, 0) is 20.3 Å². The summed E-state index contributed by atoms with van der Waals surface area (Å²) in [5.41, 5.74) is 1.73. The molecule has 6 heteroatoms. The van der Waals surface area contributed by atoms with Crippen molar-refractivity contribution in [2.45, 2.75) is 30.6 Å². The number of benzene rings is 1. The summed E-state index contributed by atoms with van der Waals surface area (Å²) in [4.78, 5) is 14.1. The first kappa shape index (κ1) is 12.9. The van der Waals surface area contributed by atoms with Gasteiger partial charge in [-0.2, -0.15) is 0 Å². The number of amides is 1. The Kier molecular flexibility index (Phi) is 3.06. The standard InChI is InChI=1S/C13H14ClNO3S/c14-19(17,18)11-5-6-12-10(8-11)2-1-7-15(12)13(16)9-3-4-9/h5-6,8-9H,1-4,7H2. The fourth-order valence-electron chi connectivity index (χ4n) is 2.50. The van der Waals surface area contributed by atoms with Crippen LogP contribution in [0.25, 0.3) is 0 Å². The van der Waals surface area contributed by atoms with E-state index in [9.17, 15) is 13.2 Å². The van der Waals surface area contributed by atoms with Gasteiger partial charge in [0, 0.05) is 28.8 Å². The third-order valence-electron chi connectivity index (χ3n) is 3.64. The van der Waals surface area contributed by atoms with E-state index in [0.29, 0.717) is 0 Å². The van der Waals surface area contributed by atoms with E-state index in [2.05, 4.69) is 0 Å². The fourth-order valence-corrected chi connectivity index (χ4v) is 3.31. The predicted molar refractivity (Wildman–Crippen MR) is 72.9 cm³/mol. The molecule has 2 aliphatic rings. The molecule has 1 heterocycles. The van der Waals surface area contributed by atoms with Crippen molar-refractivity contribution in [2.75, 3.05) is 11.4 Å². The smallest absolute Gasteiger partial charge is 0.261 e. The molecule has 1 aliphatic carbocycles. The second kappa shape index (κ2) is 4.49. The number of fused-ring (bicyclic) bond motifs is 1. The highest BCUT2D eigenvalue weighted by molar-refractivity contribution is 8.13. The molecular formula is C13H14ClNO3S. The maximum Gasteiger partial charge on any atom is 0.261 e. The predicted octanol–water partition coefficient (Wildman–Crippen LogP) is 2.30. The summed E-state index contributed by atoms with van der Waals surface area (Å²) >= 11 is 0. The number of carbonyl (C=O) groups is 1. The molecule has 0 aromatic heterocycles. The van der Waals surface area contributed by atoms with Crippen LogP contribution in [0.2, 0.25) is 0 Å². The number of anilines is 1. The minimum absolute atomic E-state index is 0.105. The van der Waals surface area contributed by atoms with Crippen LogP contribution in [0.15, 0.2) is 23.1 Å². The lowest BCUT2D eigenvalue weighted by atomic mass is 10.0. The first-order chi connectivity index (χ1) is 8.97. The first-order valence-corrected chi connectivity index (χ1v) is 8.67. The molecule has 3 rings (SSSR count). The zero-order valence-electron chi connectivity index (χ0n) is 10.3. The number of nitrogens with zero attached hydrogens (tertiary/aromatic N) is 1. The van der Waals surface area contributed by atoms with Gasteiger partial charge in [-0.3, -0.25) is 4.79 Å². The molecule has 1 saturated carbocycles. The van der Waals surface area contributed by atoms with Gasteiger partial charge in [-0.15, -0.1) is 0 Å². The summed E-state index contributed by atoms with van der Waals surface area (Å²) in [7, 11) is 1.64. The molecule has 0 N–H and O–H groups in total. The molecule has 4 nitrogen and oxygen atoms in total. The van der Waals surface area contributed by atoms with Gasteiger partial charge in [0.15, 0.2) is 0 Å². The molecule has 1 aromatic carbocycles. The molecule has 0 atom stereocenters. The zero-order chi connectivity index (χ0) is 13.6. The zero-order valence-corrected chi connectivity index (χ0v) is 11.9. The molecule has 0 unspecified atom stereocenters. The highest BCUT2D eigenvalue weighted by Crippen LogP contribution is 2.36. The third kappa shape index (κ3) is 2.49. The molecule has 1 aromatic rings. The summed E-state index contributed by atoms with van der Waals surface area (Å²) < 4.78 is 22.7. The molecular weight excluding hydrogens is 286 g/mol. The average molecular weight is 300 g/mol. The third-order valence-corrected chi connectivity index (χ3v) is 5.00. The largest absolute Gasteiger partial charge is 0.312 e. The van der Waals surface area contributed by atoms with Crippen LogP contribution in [0.1, 0.15) is 24.8 Å². The Morgan fingerprint density at radius 3 is 2.68 bits per heavy atom. The lowest BCUT2D eigenvalue weighted by molar-refractivity contribution is -0.119. The van der Waals surface area contributed by atoms with Gasteiger partial charge in [-0.1, -0.05) is 0 Å². The van der Waals surface area contributed by atoms with Crippen molar-refractivity contribution in [3.63, 3.8) is 0 Å². The Labute approximate surface area is 116 Å². The minimum atomic E-state index is -3.71. The average Bonchev–Trinajstić information content (AvgIpc) is 3.19. The van der Waals surface area contributed by atoms with Crippen LogP contribution in [-0.4, -0.2) is 20.9 Å². The SMILES string of the molecule is O=C(C1CC1)N1CCCc2cc(S(=O)(=O)Cl)ccc21. The highest BCUT2D eigenvalue weighted by Gasteiger charge is 2.35. The first-order valence-electron chi connectivity index (χ1n) is 6.36. The summed E-state index contributed by atoms with van der Waals surface area (Å²) in [6, 6.07) is 4.76. The van der Waals surface area contributed by atoms with Crippen molar-refractivity contribution in [1.82, 2.24) is 0 Å².